The molecule has 7 heteroatoms. The fourth-order valence-corrected chi connectivity index (χ4v) is 2.33. The van der Waals surface area contributed by atoms with Crippen LogP contribution in [0.1, 0.15) is 5.56 Å². The molecule has 0 aliphatic rings. The predicted octanol–water partition coefficient (Wildman–Crippen LogP) is 0.786. The topological polar surface area (TPSA) is 98.2 Å². The molecule has 0 aliphatic heterocycles. The molecule has 98 valence electrons. The number of aromatic nitrogens is 1. The molecule has 0 spiro atoms. The van der Waals surface area contributed by atoms with Crippen molar-refractivity contribution in [2.24, 2.45) is 5.73 Å². The van der Waals surface area contributed by atoms with Crippen LogP contribution >= 0.6 is 0 Å². The minimum absolute atomic E-state index is 0.119. The third-order valence-corrected chi connectivity index (χ3v) is 3.55. The summed E-state index contributed by atoms with van der Waals surface area (Å²) < 4.78 is 30.8. The van der Waals surface area contributed by atoms with E-state index in [0.29, 0.717) is 5.56 Å². The number of nitrogens with zero attached hydrogens (tertiary/aromatic N) is 1. The molecule has 2 aromatic rings. The van der Waals surface area contributed by atoms with Crippen LogP contribution in [0.25, 0.3) is 0 Å². The summed E-state index contributed by atoms with van der Waals surface area (Å²) in [5.74, 6) is 5.63. The molecule has 0 amide bonds. The molecule has 2 rings (SSSR count). The van der Waals surface area contributed by atoms with Gasteiger partial charge in [0.05, 0.1) is 11.4 Å². The van der Waals surface area contributed by atoms with E-state index in [0.717, 1.165) is 0 Å². The van der Waals surface area contributed by atoms with Crippen LogP contribution in [0.2, 0.25) is 0 Å². The quantitative estimate of drug-likeness (QED) is 0.808. The van der Waals surface area contributed by atoms with Gasteiger partial charge in [-0.3, -0.25) is 4.72 Å². The highest BCUT2D eigenvalue weighted by Crippen LogP contribution is 2.14. The van der Waals surface area contributed by atoms with Crippen molar-refractivity contribution in [1.82, 2.24) is 5.16 Å². The van der Waals surface area contributed by atoms with Crippen LogP contribution in [0.3, 0.4) is 0 Å². The molecule has 6 nitrogen and oxygen atoms in total. The smallest absolute Gasteiger partial charge is 0.263 e. The second-order valence-electron chi connectivity index (χ2n) is 3.52. The van der Waals surface area contributed by atoms with E-state index in [1.807, 2.05) is 0 Å². The molecular formula is C12H11N3O3S. The zero-order chi connectivity index (χ0) is 13.7. The average molecular weight is 277 g/mol. The molecule has 0 unspecified atom stereocenters. The number of benzene rings is 1. The van der Waals surface area contributed by atoms with Gasteiger partial charge in [-0.05, 0) is 24.3 Å². The second-order valence-corrected chi connectivity index (χ2v) is 5.20. The van der Waals surface area contributed by atoms with Crippen molar-refractivity contribution in [3.8, 4) is 11.8 Å². The highest BCUT2D eigenvalue weighted by atomic mass is 32.2. The van der Waals surface area contributed by atoms with Crippen molar-refractivity contribution < 1.29 is 12.9 Å². The zero-order valence-electron chi connectivity index (χ0n) is 9.83. The minimum atomic E-state index is -3.67. The summed E-state index contributed by atoms with van der Waals surface area (Å²) >= 11 is 0. The molecule has 0 radical (unpaired) electrons. The molecule has 0 saturated heterocycles. The highest BCUT2D eigenvalue weighted by Gasteiger charge is 2.14. The van der Waals surface area contributed by atoms with Gasteiger partial charge in [-0.25, -0.2) is 8.42 Å². The highest BCUT2D eigenvalue weighted by molar-refractivity contribution is 7.92. The third kappa shape index (κ3) is 3.34. The SMILES string of the molecule is NCC#Cc1ccc(S(=O)(=O)Nc2ccon2)cc1. The maximum Gasteiger partial charge on any atom is 0.263 e. The van der Waals surface area contributed by atoms with Gasteiger partial charge >= 0.3 is 0 Å². The Morgan fingerprint density at radius 3 is 2.58 bits per heavy atom. The lowest BCUT2D eigenvalue weighted by Crippen LogP contribution is -2.13. The first-order valence-electron chi connectivity index (χ1n) is 5.34. The number of hydrogen-bond acceptors (Lipinski definition) is 5. The van der Waals surface area contributed by atoms with Crippen molar-refractivity contribution in [2.45, 2.75) is 4.90 Å². The lowest BCUT2D eigenvalue weighted by Gasteiger charge is -2.04. The molecule has 0 saturated carbocycles. The van der Waals surface area contributed by atoms with Crippen LogP contribution in [-0.4, -0.2) is 20.1 Å². The maximum atomic E-state index is 12.0. The van der Waals surface area contributed by atoms with Gasteiger partial charge in [-0.2, -0.15) is 0 Å². The molecule has 0 aliphatic carbocycles. The summed E-state index contributed by atoms with van der Waals surface area (Å²) in [4.78, 5) is 0.119. The second kappa shape index (κ2) is 5.56. The molecule has 1 aromatic heterocycles. The largest absolute Gasteiger partial charge is 0.363 e. The van der Waals surface area contributed by atoms with Gasteiger partial charge in [0.2, 0.25) is 0 Å². The molecule has 0 atom stereocenters. The number of rotatable bonds is 3. The Hall–Kier alpha value is -2.30. The molecule has 19 heavy (non-hydrogen) atoms. The van der Waals surface area contributed by atoms with Crippen molar-refractivity contribution in [3.63, 3.8) is 0 Å². The van der Waals surface area contributed by atoms with Gasteiger partial charge in [-0.1, -0.05) is 17.0 Å². The molecule has 1 aromatic carbocycles. The summed E-state index contributed by atoms with van der Waals surface area (Å²) in [6.07, 6.45) is 1.28. The molecular weight excluding hydrogens is 266 g/mol. The third-order valence-electron chi connectivity index (χ3n) is 2.18. The number of nitrogens with one attached hydrogen (secondary N) is 1. The number of sulfonamides is 1. The summed E-state index contributed by atoms with van der Waals surface area (Å²) in [6.45, 7) is 0.258. The van der Waals surface area contributed by atoms with Gasteiger partial charge in [0, 0.05) is 11.6 Å². The Morgan fingerprint density at radius 1 is 1.26 bits per heavy atom. The van der Waals surface area contributed by atoms with Gasteiger partial charge in [0.25, 0.3) is 10.0 Å². The summed E-state index contributed by atoms with van der Waals surface area (Å²) in [6, 6.07) is 7.56. The fourth-order valence-electron chi connectivity index (χ4n) is 1.33. The van der Waals surface area contributed by atoms with Crippen molar-refractivity contribution in [3.05, 3.63) is 42.2 Å². The summed E-state index contributed by atoms with van der Waals surface area (Å²) in [5.41, 5.74) is 5.96. The summed E-state index contributed by atoms with van der Waals surface area (Å²) in [5, 5.41) is 3.48. The van der Waals surface area contributed by atoms with Crippen LogP contribution in [-0.2, 0) is 10.0 Å². The Balaban J connectivity index is 2.21. The van der Waals surface area contributed by atoms with E-state index in [9.17, 15) is 8.42 Å². The van der Waals surface area contributed by atoms with Gasteiger partial charge in [-0.15, -0.1) is 0 Å². The molecule has 3 N–H and O–H groups in total. The van der Waals surface area contributed by atoms with E-state index in [4.69, 9.17) is 5.73 Å². The molecule has 1 heterocycles. The first kappa shape index (κ1) is 13.1. The van der Waals surface area contributed by atoms with Gasteiger partial charge < -0.3 is 10.3 Å². The normalized spacial score (nSPS) is 10.6. The number of nitrogens with two attached hydrogens (primary N) is 1. The van der Waals surface area contributed by atoms with Crippen LogP contribution in [0.15, 0.2) is 46.0 Å². The van der Waals surface area contributed by atoms with E-state index in [1.165, 1.54) is 24.5 Å². The Labute approximate surface area is 110 Å². The lowest BCUT2D eigenvalue weighted by atomic mass is 10.2. The first-order valence-corrected chi connectivity index (χ1v) is 6.82. The van der Waals surface area contributed by atoms with Gasteiger partial charge in [0.1, 0.15) is 6.26 Å². The van der Waals surface area contributed by atoms with E-state index in [1.54, 1.807) is 12.1 Å². The Bertz CT molecular complexity index is 695. The van der Waals surface area contributed by atoms with E-state index in [-0.39, 0.29) is 17.3 Å². The minimum Gasteiger partial charge on any atom is -0.363 e. The van der Waals surface area contributed by atoms with Crippen molar-refractivity contribution >= 4 is 15.8 Å². The molecule has 0 fully saturated rings. The standard InChI is InChI=1S/C12H11N3O3S/c13-8-1-2-10-3-5-11(6-4-10)19(16,17)15-12-7-9-18-14-12/h3-7,9H,8,13H2,(H,14,15). The average Bonchev–Trinajstić information content (AvgIpc) is 2.89. The first-order chi connectivity index (χ1) is 9.12. The molecule has 0 bridgehead atoms. The van der Waals surface area contributed by atoms with E-state index in [2.05, 4.69) is 26.2 Å². The predicted molar refractivity (Wildman–Crippen MR) is 69.7 cm³/mol. The van der Waals surface area contributed by atoms with Crippen molar-refractivity contribution in [2.75, 3.05) is 11.3 Å². The monoisotopic (exact) mass is 277 g/mol. The van der Waals surface area contributed by atoms with Crippen molar-refractivity contribution in [1.29, 1.82) is 0 Å². The summed E-state index contributed by atoms with van der Waals surface area (Å²) in [7, 11) is -3.67. The van der Waals surface area contributed by atoms with Crippen LogP contribution in [0, 0.1) is 11.8 Å². The zero-order valence-corrected chi connectivity index (χ0v) is 10.6. The van der Waals surface area contributed by atoms with Crippen LogP contribution in [0.5, 0.6) is 0 Å². The number of hydrogen-bond donors (Lipinski definition) is 2. The lowest BCUT2D eigenvalue weighted by molar-refractivity contribution is 0.423. The maximum absolute atomic E-state index is 12.0. The Morgan fingerprint density at radius 2 is 2.00 bits per heavy atom. The van der Waals surface area contributed by atoms with Crippen LogP contribution < -0.4 is 10.5 Å². The van der Waals surface area contributed by atoms with E-state index < -0.39 is 10.0 Å². The van der Waals surface area contributed by atoms with Crippen LogP contribution in [0.4, 0.5) is 5.82 Å². The number of anilines is 1. The Kier molecular flexibility index (Phi) is 3.85. The van der Waals surface area contributed by atoms with E-state index >= 15 is 0 Å². The fraction of sp³-hybridized carbons (Fsp3) is 0.0833. The van der Waals surface area contributed by atoms with Gasteiger partial charge in [0.15, 0.2) is 5.82 Å².